The Kier molecular flexibility index (Phi) is 5.79. The number of thiophene rings is 1. The van der Waals surface area contributed by atoms with E-state index >= 15 is 0 Å². The third kappa shape index (κ3) is 4.05. The molecule has 21 heavy (non-hydrogen) atoms. The fourth-order valence-corrected chi connectivity index (χ4v) is 4.29. The van der Waals surface area contributed by atoms with Crippen LogP contribution in [-0.4, -0.2) is 17.6 Å². The van der Waals surface area contributed by atoms with Gasteiger partial charge in [-0.15, -0.1) is 11.3 Å². The van der Waals surface area contributed by atoms with E-state index in [1.165, 1.54) is 9.75 Å². The minimum atomic E-state index is 0.372. The maximum atomic E-state index is 4.83. The molecule has 2 rings (SSSR count). The molecule has 1 unspecified atom stereocenters. The van der Waals surface area contributed by atoms with Crippen molar-refractivity contribution in [2.24, 2.45) is 0 Å². The minimum Gasteiger partial charge on any atom is -0.341 e. The van der Waals surface area contributed by atoms with Crippen LogP contribution in [0.2, 0.25) is 0 Å². The van der Waals surface area contributed by atoms with Crippen molar-refractivity contribution >= 4 is 27.8 Å². The molecule has 2 aromatic rings. The summed E-state index contributed by atoms with van der Waals surface area (Å²) in [7, 11) is 0. The second-order valence-electron chi connectivity index (χ2n) is 5.53. The minimum absolute atomic E-state index is 0.372. The topological polar surface area (TPSA) is 28.2 Å². The zero-order valence-electron chi connectivity index (χ0n) is 13.5. The van der Waals surface area contributed by atoms with Crippen molar-refractivity contribution in [3.8, 4) is 0 Å². The first-order valence-electron chi connectivity index (χ1n) is 7.52. The van der Waals surface area contributed by atoms with Crippen molar-refractivity contribution < 1.29 is 0 Å². The van der Waals surface area contributed by atoms with E-state index < -0.39 is 0 Å². The molecule has 0 aliphatic heterocycles. The molecular weight excluding hydrogens is 298 g/mol. The van der Waals surface area contributed by atoms with E-state index in [0.717, 1.165) is 23.9 Å². The van der Waals surface area contributed by atoms with Gasteiger partial charge in [0.1, 0.15) is 0 Å². The van der Waals surface area contributed by atoms with Gasteiger partial charge in [0.05, 0.1) is 12.2 Å². The SMILES string of the molecule is CCNC(C)c1sc(N(Cc2cccs2)C(C)C)nc1C. The van der Waals surface area contributed by atoms with E-state index in [-0.39, 0.29) is 0 Å². The van der Waals surface area contributed by atoms with Crippen molar-refractivity contribution in [2.75, 3.05) is 11.4 Å². The second-order valence-corrected chi connectivity index (χ2v) is 7.57. The maximum Gasteiger partial charge on any atom is 0.186 e. The highest BCUT2D eigenvalue weighted by molar-refractivity contribution is 7.15. The lowest BCUT2D eigenvalue weighted by atomic mass is 10.2. The van der Waals surface area contributed by atoms with E-state index in [2.05, 4.69) is 62.3 Å². The van der Waals surface area contributed by atoms with Crippen LogP contribution in [0.15, 0.2) is 17.5 Å². The van der Waals surface area contributed by atoms with Gasteiger partial charge in [-0.25, -0.2) is 4.98 Å². The molecule has 0 aliphatic rings. The standard InChI is InChI=1S/C16H25N3S2/c1-6-17-12(4)15-13(5)18-16(21-15)19(11(2)3)10-14-8-7-9-20-14/h7-9,11-12,17H,6,10H2,1-5H3. The molecule has 0 fully saturated rings. The predicted molar refractivity (Wildman–Crippen MR) is 94.6 cm³/mol. The van der Waals surface area contributed by atoms with Gasteiger partial charge in [0.15, 0.2) is 5.13 Å². The van der Waals surface area contributed by atoms with Crippen LogP contribution in [0.1, 0.15) is 49.2 Å². The smallest absolute Gasteiger partial charge is 0.186 e. The summed E-state index contributed by atoms with van der Waals surface area (Å²) in [6.45, 7) is 12.9. The lowest BCUT2D eigenvalue weighted by molar-refractivity contribution is 0.603. The normalized spacial score (nSPS) is 12.9. The van der Waals surface area contributed by atoms with Crippen LogP contribution >= 0.6 is 22.7 Å². The Morgan fingerprint density at radius 2 is 2.10 bits per heavy atom. The molecule has 2 aromatic heterocycles. The zero-order valence-corrected chi connectivity index (χ0v) is 15.1. The van der Waals surface area contributed by atoms with Crippen LogP contribution in [0, 0.1) is 6.92 Å². The van der Waals surface area contributed by atoms with Crippen LogP contribution in [0.3, 0.4) is 0 Å². The summed E-state index contributed by atoms with van der Waals surface area (Å²) in [5, 5.41) is 6.76. The highest BCUT2D eigenvalue weighted by Gasteiger charge is 2.20. The van der Waals surface area contributed by atoms with Gasteiger partial charge < -0.3 is 10.2 Å². The summed E-state index contributed by atoms with van der Waals surface area (Å²) in [4.78, 5) is 9.96. The van der Waals surface area contributed by atoms with E-state index in [0.29, 0.717) is 12.1 Å². The Bertz CT molecular complexity index is 546. The largest absolute Gasteiger partial charge is 0.341 e. The van der Waals surface area contributed by atoms with Crippen molar-refractivity contribution in [3.63, 3.8) is 0 Å². The van der Waals surface area contributed by atoms with Crippen molar-refractivity contribution in [1.29, 1.82) is 0 Å². The Balaban J connectivity index is 2.22. The van der Waals surface area contributed by atoms with Gasteiger partial charge in [0.25, 0.3) is 0 Å². The highest BCUT2D eigenvalue weighted by atomic mass is 32.1. The summed E-state index contributed by atoms with van der Waals surface area (Å²) in [6, 6.07) is 5.13. The van der Waals surface area contributed by atoms with Crippen molar-refractivity contribution in [2.45, 2.75) is 53.2 Å². The molecular formula is C16H25N3S2. The van der Waals surface area contributed by atoms with Gasteiger partial charge in [-0.3, -0.25) is 0 Å². The van der Waals surface area contributed by atoms with Gasteiger partial charge in [-0.2, -0.15) is 0 Å². The molecule has 5 heteroatoms. The number of hydrogen-bond donors (Lipinski definition) is 1. The third-order valence-corrected chi connectivity index (χ3v) is 5.74. The number of hydrogen-bond acceptors (Lipinski definition) is 5. The lowest BCUT2D eigenvalue weighted by Gasteiger charge is -2.25. The molecule has 3 nitrogen and oxygen atoms in total. The number of aromatic nitrogens is 1. The molecule has 0 aromatic carbocycles. The second kappa shape index (κ2) is 7.38. The molecule has 0 bridgehead atoms. The number of nitrogens with zero attached hydrogens (tertiary/aromatic N) is 2. The van der Waals surface area contributed by atoms with Gasteiger partial charge in [0, 0.05) is 21.8 Å². The van der Waals surface area contributed by atoms with Crippen molar-refractivity contribution in [3.05, 3.63) is 33.0 Å². The fourth-order valence-electron chi connectivity index (χ4n) is 2.36. The van der Waals surface area contributed by atoms with E-state index in [4.69, 9.17) is 4.98 Å². The van der Waals surface area contributed by atoms with Crippen LogP contribution in [0.5, 0.6) is 0 Å². The molecule has 0 spiro atoms. The average Bonchev–Trinajstić information content (AvgIpc) is 3.05. The van der Waals surface area contributed by atoms with Gasteiger partial charge in [-0.05, 0) is 45.7 Å². The lowest BCUT2D eigenvalue weighted by Crippen LogP contribution is -2.29. The summed E-state index contributed by atoms with van der Waals surface area (Å²) in [5.74, 6) is 0. The Morgan fingerprint density at radius 3 is 2.67 bits per heavy atom. The van der Waals surface area contributed by atoms with E-state index in [1.54, 1.807) is 0 Å². The molecule has 0 amide bonds. The number of rotatable bonds is 7. The van der Waals surface area contributed by atoms with Gasteiger partial charge in [-0.1, -0.05) is 24.3 Å². The first kappa shape index (κ1) is 16.5. The van der Waals surface area contributed by atoms with Gasteiger partial charge in [0.2, 0.25) is 0 Å². The third-order valence-electron chi connectivity index (χ3n) is 3.50. The van der Waals surface area contributed by atoms with Crippen LogP contribution in [0.4, 0.5) is 5.13 Å². The van der Waals surface area contributed by atoms with E-state index in [1.807, 2.05) is 22.7 Å². The Labute approximate surface area is 136 Å². The predicted octanol–water partition coefficient (Wildman–Crippen LogP) is 4.60. The summed E-state index contributed by atoms with van der Waals surface area (Å²) < 4.78 is 0. The molecule has 0 saturated carbocycles. The van der Waals surface area contributed by atoms with Crippen LogP contribution in [0.25, 0.3) is 0 Å². The molecule has 0 saturated heterocycles. The van der Waals surface area contributed by atoms with Crippen LogP contribution in [-0.2, 0) is 6.54 Å². The fraction of sp³-hybridized carbons (Fsp3) is 0.562. The zero-order chi connectivity index (χ0) is 15.4. The Morgan fingerprint density at radius 1 is 1.33 bits per heavy atom. The number of anilines is 1. The number of thiazole rings is 1. The molecule has 0 aliphatic carbocycles. The molecule has 0 radical (unpaired) electrons. The van der Waals surface area contributed by atoms with Crippen LogP contribution < -0.4 is 10.2 Å². The molecule has 116 valence electrons. The first-order chi connectivity index (χ1) is 10.0. The molecule has 1 N–H and O–H groups in total. The van der Waals surface area contributed by atoms with Gasteiger partial charge >= 0.3 is 0 Å². The number of nitrogens with one attached hydrogen (secondary N) is 1. The highest BCUT2D eigenvalue weighted by Crippen LogP contribution is 2.32. The quantitative estimate of drug-likeness (QED) is 0.807. The first-order valence-corrected chi connectivity index (χ1v) is 9.22. The summed E-state index contributed by atoms with van der Waals surface area (Å²) >= 11 is 3.63. The van der Waals surface area contributed by atoms with Crippen molar-refractivity contribution in [1.82, 2.24) is 10.3 Å². The summed E-state index contributed by atoms with van der Waals surface area (Å²) in [6.07, 6.45) is 0. The monoisotopic (exact) mass is 323 g/mol. The maximum absolute atomic E-state index is 4.83. The Hall–Kier alpha value is -0.910. The summed E-state index contributed by atoms with van der Waals surface area (Å²) in [5.41, 5.74) is 1.15. The van der Waals surface area contributed by atoms with E-state index in [9.17, 15) is 0 Å². The number of aryl methyl sites for hydroxylation is 1. The average molecular weight is 324 g/mol. The molecule has 1 atom stereocenters. The molecule has 2 heterocycles.